The molecule has 15 nitrogen and oxygen atoms in total. The van der Waals surface area contributed by atoms with E-state index in [9.17, 15) is 22.8 Å². The summed E-state index contributed by atoms with van der Waals surface area (Å²) in [7, 11) is -2.64. The fourth-order valence-electron chi connectivity index (χ4n) is 6.54. The second-order valence-electron chi connectivity index (χ2n) is 16.4. The zero-order valence-electron chi connectivity index (χ0n) is 31.5. The molecule has 2 saturated carbocycles. The Morgan fingerprint density at radius 2 is 1.83 bits per heavy atom. The number of rotatable bonds is 13. The maximum absolute atomic E-state index is 14.5. The number of alkyl carbamates (subject to hydrolysis) is 1. The highest BCUT2D eigenvalue weighted by molar-refractivity contribution is 7.84. The first kappa shape index (κ1) is 39.0. The number of nitrogens with one attached hydrogen (secondary N) is 3. The lowest BCUT2D eigenvalue weighted by molar-refractivity contribution is -0.142. The third-order valence-corrected chi connectivity index (χ3v) is 10.8. The van der Waals surface area contributed by atoms with Crippen LogP contribution in [0, 0.1) is 11.3 Å². The van der Waals surface area contributed by atoms with E-state index in [1.165, 1.54) is 4.90 Å². The van der Waals surface area contributed by atoms with Gasteiger partial charge in [-0.15, -0.1) is 5.10 Å². The third kappa shape index (κ3) is 8.88. The summed E-state index contributed by atoms with van der Waals surface area (Å²) in [6.07, 6.45) is 2.49. The number of hydrogen-bond acceptors (Lipinski definition) is 11. The van der Waals surface area contributed by atoms with E-state index in [1.54, 1.807) is 80.0 Å². The molecule has 3 aliphatic rings. The van der Waals surface area contributed by atoms with Crippen LogP contribution in [0.25, 0.3) is 10.8 Å². The molecule has 1 aliphatic heterocycles. The standard InChI is InChI=1S/C36H52N6O9S/c1-11-23-18-36(23,21(2)41-52(46,47)51-35(9)14-15-35)39-29(43)27-17-25(49-30-26-13-12-24(48-10)16-22(26)19-37-40-30)20-42(27)31(44)28(33(3,4)5)38-32(45)50-34(6,7)8/h12-13,16,19,23,25,27-28,41H,2,11,14-15,17-18,20H2,1,3-10H3,(H,38,45)(H,39,43)/t23-,25-,27+,28-,36+/m1/s1. The van der Waals surface area contributed by atoms with Gasteiger partial charge in [0.05, 0.1) is 31.0 Å². The van der Waals surface area contributed by atoms with Crippen LogP contribution in [0.1, 0.15) is 87.5 Å². The van der Waals surface area contributed by atoms with Crippen molar-refractivity contribution in [2.24, 2.45) is 11.3 Å². The van der Waals surface area contributed by atoms with Gasteiger partial charge in [0.25, 0.3) is 0 Å². The smallest absolute Gasteiger partial charge is 0.408 e. The molecule has 1 aromatic carbocycles. The van der Waals surface area contributed by atoms with Crippen LogP contribution < -0.4 is 24.8 Å². The number of hydrogen-bond donors (Lipinski definition) is 3. The predicted octanol–water partition coefficient (Wildman–Crippen LogP) is 4.13. The Bertz CT molecular complexity index is 1840. The van der Waals surface area contributed by atoms with Gasteiger partial charge in [0.15, 0.2) is 0 Å². The molecular formula is C36H52N6O9S. The Morgan fingerprint density at radius 3 is 2.40 bits per heavy atom. The average Bonchev–Trinajstić information content (AvgIpc) is 3.90. The lowest BCUT2D eigenvalue weighted by atomic mass is 9.85. The number of ether oxygens (including phenoxy) is 3. The molecule has 5 atom stereocenters. The number of likely N-dealkylation sites (tertiary alicyclic amines) is 1. The molecule has 0 bridgehead atoms. The lowest BCUT2D eigenvalue weighted by Crippen LogP contribution is -2.59. The Balaban J connectivity index is 1.43. The van der Waals surface area contributed by atoms with Crippen molar-refractivity contribution in [1.82, 2.24) is 30.5 Å². The minimum atomic E-state index is -4.21. The number of aromatic nitrogens is 2. The van der Waals surface area contributed by atoms with Crippen LogP contribution in [0.3, 0.4) is 0 Å². The predicted molar refractivity (Wildman–Crippen MR) is 192 cm³/mol. The van der Waals surface area contributed by atoms with Crippen LogP contribution in [0.5, 0.6) is 11.6 Å². The van der Waals surface area contributed by atoms with E-state index in [0.717, 1.165) is 5.39 Å². The van der Waals surface area contributed by atoms with E-state index >= 15 is 0 Å². The van der Waals surface area contributed by atoms with Crippen LogP contribution in [0.15, 0.2) is 36.7 Å². The van der Waals surface area contributed by atoms with E-state index < -0.39 is 68.6 Å². The Hall–Kier alpha value is -4.18. The monoisotopic (exact) mass is 744 g/mol. The molecule has 1 saturated heterocycles. The summed E-state index contributed by atoms with van der Waals surface area (Å²) in [5.41, 5.74) is -3.37. The number of amides is 3. The van der Waals surface area contributed by atoms with Gasteiger partial charge < -0.3 is 29.7 Å². The second kappa shape index (κ2) is 14.0. The van der Waals surface area contributed by atoms with Crippen LogP contribution in [0.2, 0.25) is 0 Å². The highest BCUT2D eigenvalue weighted by atomic mass is 32.2. The molecule has 0 spiro atoms. The van der Waals surface area contributed by atoms with Crippen molar-refractivity contribution in [3.63, 3.8) is 0 Å². The summed E-state index contributed by atoms with van der Waals surface area (Å²) < 4.78 is 50.8. The first-order chi connectivity index (χ1) is 24.1. The van der Waals surface area contributed by atoms with Crippen molar-refractivity contribution in [3.05, 3.63) is 36.7 Å². The minimum Gasteiger partial charge on any atom is -0.497 e. The summed E-state index contributed by atoms with van der Waals surface area (Å²) in [5.74, 6) is -0.303. The Morgan fingerprint density at radius 1 is 1.13 bits per heavy atom. The molecule has 2 aromatic rings. The van der Waals surface area contributed by atoms with Gasteiger partial charge in [-0.1, -0.05) is 40.7 Å². The Kier molecular flexibility index (Phi) is 10.5. The first-order valence-corrected chi connectivity index (χ1v) is 19.0. The fraction of sp³-hybridized carbons (Fsp3) is 0.639. The van der Waals surface area contributed by atoms with Crippen LogP contribution in [-0.2, 0) is 28.8 Å². The fourth-order valence-corrected chi connectivity index (χ4v) is 7.76. The molecule has 2 heterocycles. The number of methoxy groups -OCH3 is 1. The van der Waals surface area contributed by atoms with Crippen molar-refractivity contribution in [1.29, 1.82) is 0 Å². The zero-order valence-corrected chi connectivity index (χ0v) is 32.3. The summed E-state index contributed by atoms with van der Waals surface area (Å²) in [6.45, 7) is 18.2. The van der Waals surface area contributed by atoms with Crippen molar-refractivity contribution in [3.8, 4) is 11.6 Å². The van der Waals surface area contributed by atoms with Crippen LogP contribution in [0.4, 0.5) is 4.79 Å². The molecule has 0 radical (unpaired) electrons. The Labute approximate surface area is 305 Å². The molecule has 5 rings (SSSR count). The average molecular weight is 745 g/mol. The van der Waals surface area contributed by atoms with E-state index in [4.69, 9.17) is 18.4 Å². The first-order valence-electron chi connectivity index (χ1n) is 17.6. The molecule has 3 N–H and O–H groups in total. The zero-order chi connectivity index (χ0) is 38.4. The number of carbonyl (C=O) groups excluding carboxylic acids is 3. The molecule has 3 amide bonds. The van der Waals surface area contributed by atoms with Gasteiger partial charge in [0.1, 0.15) is 29.5 Å². The number of carbonyl (C=O) groups is 3. The van der Waals surface area contributed by atoms with Gasteiger partial charge in [0.2, 0.25) is 17.7 Å². The second-order valence-corrected chi connectivity index (χ2v) is 17.6. The third-order valence-electron chi connectivity index (χ3n) is 9.73. The topological polar surface area (TPSA) is 187 Å². The van der Waals surface area contributed by atoms with Crippen molar-refractivity contribution in [2.45, 2.75) is 122 Å². The molecule has 0 unspecified atom stereocenters. The highest BCUT2D eigenvalue weighted by Crippen LogP contribution is 2.50. The number of fused-ring (bicyclic) bond motifs is 1. The minimum absolute atomic E-state index is 0.0159. The SMILES string of the molecule is C=C(NS(=O)(=O)OC1(C)CC1)[C@@]1(NC(=O)[C@@H]2C[C@@H](Oc3nncc4cc(OC)ccc34)CN2C(=O)[C@@H](NC(=O)OC(C)(C)C)C(C)(C)C)C[C@H]1CC. The summed E-state index contributed by atoms with van der Waals surface area (Å²) in [4.78, 5) is 43.3. The molecule has 3 fully saturated rings. The van der Waals surface area contributed by atoms with Gasteiger partial charge in [-0.3, -0.25) is 14.3 Å². The molecule has 2 aliphatic carbocycles. The number of nitrogens with zero attached hydrogens (tertiary/aromatic N) is 3. The van der Waals surface area contributed by atoms with E-state index in [-0.39, 0.29) is 30.5 Å². The molecule has 286 valence electrons. The van der Waals surface area contributed by atoms with Crippen molar-refractivity contribution in [2.75, 3.05) is 13.7 Å². The maximum Gasteiger partial charge on any atom is 0.408 e. The normalized spacial score (nSPS) is 24.4. The lowest BCUT2D eigenvalue weighted by Gasteiger charge is -2.36. The van der Waals surface area contributed by atoms with Gasteiger partial charge in [0, 0.05) is 22.9 Å². The van der Waals surface area contributed by atoms with Gasteiger partial charge in [-0.2, -0.15) is 13.5 Å². The van der Waals surface area contributed by atoms with E-state index in [0.29, 0.717) is 36.8 Å². The molecule has 52 heavy (non-hydrogen) atoms. The quantitative estimate of drug-likeness (QED) is 0.268. The molecular weight excluding hydrogens is 692 g/mol. The number of benzene rings is 1. The van der Waals surface area contributed by atoms with Crippen LogP contribution in [-0.4, -0.2) is 90.0 Å². The summed E-state index contributed by atoms with van der Waals surface area (Å²) >= 11 is 0. The van der Waals surface area contributed by atoms with Gasteiger partial charge >= 0.3 is 16.4 Å². The van der Waals surface area contributed by atoms with Gasteiger partial charge in [-0.05, 0) is 76.5 Å². The van der Waals surface area contributed by atoms with E-state index in [1.807, 2.05) is 6.92 Å². The van der Waals surface area contributed by atoms with Crippen molar-refractivity contribution < 1.29 is 41.2 Å². The molecule has 16 heteroatoms. The highest BCUT2D eigenvalue weighted by Gasteiger charge is 2.59. The van der Waals surface area contributed by atoms with E-state index in [2.05, 4.69) is 32.1 Å². The summed E-state index contributed by atoms with van der Waals surface area (Å²) in [5, 5.41) is 15.5. The van der Waals surface area contributed by atoms with Crippen molar-refractivity contribution >= 4 is 39.0 Å². The van der Waals surface area contributed by atoms with Crippen LogP contribution >= 0.6 is 0 Å². The summed E-state index contributed by atoms with van der Waals surface area (Å²) in [6, 6.07) is 3.21. The largest absolute Gasteiger partial charge is 0.497 e. The molecule has 1 aromatic heterocycles. The van der Waals surface area contributed by atoms with Gasteiger partial charge in [-0.25, -0.2) is 8.98 Å². The maximum atomic E-state index is 14.5.